The predicted molar refractivity (Wildman–Crippen MR) is 57.3 cm³/mol. The number of hydrogen-bond donors (Lipinski definition) is 2. The summed E-state index contributed by atoms with van der Waals surface area (Å²) < 4.78 is 0. The molecule has 0 spiro atoms. The highest BCUT2D eigenvalue weighted by Crippen LogP contribution is 1.85. The molecule has 0 saturated carbocycles. The summed E-state index contributed by atoms with van der Waals surface area (Å²) in [6.07, 6.45) is 0. The van der Waals surface area contributed by atoms with Crippen LogP contribution in [0.15, 0.2) is 0 Å². The molecule has 12 heavy (non-hydrogen) atoms. The Hall–Kier alpha value is -0.0800. The molecule has 0 aromatic carbocycles. The minimum Gasteiger partial charge on any atom is -0.304 e. The first-order valence-corrected chi connectivity index (χ1v) is 5.07. The number of rotatable bonds is 5. The molecule has 0 aliphatic heterocycles. The molecule has 0 aliphatic rings. The zero-order valence-electron chi connectivity index (χ0n) is 9.57. The molecule has 0 aliphatic carbocycles. The third-order valence-corrected chi connectivity index (χ3v) is 1.19. The standard InChI is InChI=1S/C8H20N2.C2H6/c1-7(2)5-9-6-10-8(3)4;1-2/h7-10H,5-6H2,1-4H3;1-2H3. The summed E-state index contributed by atoms with van der Waals surface area (Å²) in [6.45, 7) is 14.7. The molecule has 0 heterocycles. The van der Waals surface area contributed by atoms with Crippen molar-refractivity contribution in [2.75, 3.05) is 13.2 Å². The molecular formula is C10H26N2. The SMILES string of the molecule is CC.CC(C)CNCNC(C)C. The number of hydrogen-bond acceptors (Lipinski definition) is 2. The van der Waals surface area contributed by atoms with E-state index >= 15 is 0 Å². The summed E-state index contributed by atoms with van der Waals surface area (Å²) >= 11 is 0. The Morgan fingerprint density at radius 2 is 1.50 bits per heavy atom. The van der Waals surface area contributed by atoms with Gasteiger partial charge in [0.15, 0.2) is 0 Å². The lowest BCUT2D eigenvalue weighted by Gasteiger charge is -2.10. The Morgan fingerprint density at radius 3 is 1.83 bits per heavy atom. The van der Waals surface area contributed by atoms with Crippen LogP contribution in [0.5, 0.6) is 0 Å². The van der Waals surface area contributed by atoms with E-state index in [1.807, 2.05) is 13.8 Å². The minimum atomic E-state index is 0.583. The van der Waals surface area contributed by atoms with E-state index in [1.165, 1.54) is 0 Å². The van der Waals surface area contributed by atoms with E-state index in [0.717, 1.165) is 19.1 Å². The average molecular weight is 174 g/mol. The highest BCUT2D eigenvalue weighted by Gasteiger charge is 1.92. The Kier molecular flexibility index (Phi) is 13.1. The molecule has 0 radical (unpaired) electrons. The van der Waals surface area contributed by atoms with Crippen LogP contribution < -0.4 is 10.6 Å². The lowest BCUT2D eigenvalue weighted by Crippen LogP contribution is -2.35. The van der Waals surface area contributed by atoms with Crippen molar-refractivity contribution in [2.45, 2.75) is 47.6 Å². The summed E-state index contributed by atoms with van der Waals surface area (Å²) in [5.74, 6) is 0.744. The van der Waals surface area contributed by atoms with Crippen LogP contribution in [0.4, 0.5) is 0 Å². The van der Waals surface area contributed by atoms with Crippen molar-refractivity contribution in [1.82, 2.24) is 10.6 Å². The fourth-order valence-corrected chi connectivity index (χ4v) is 0.637. The van der Waals surface area contributed by atoms with Gasteiger partial charge in [0.05, 0.1) is 0 Å². The Balaban J connectivity index is 0. The summed E-state index contributed by atoms with van der Waals surface area (Å²) in [4.78, 5) is 0. The maximum absolute atomic E-state index is 3.31. The van der Waals surface area contributed by atoms with Crippen LogP contribution in [0.25, 0.3) is 0 Å². The molecule has 2 nitrogen and oxygen atoms in total. The molecule has 0 amide bonds. The van der Waals surface area contributed by atoms with Crippen LogP contribution in [0.2, 0.25) is 0 Å². The third kappa shape index (κ3) is 16.5. The largest absolute Gasteiger partial charge is 0.304 e. The Bertz CT molecular complexity index is 60.2. The van der Waals surface area contributed by atoms with Gasteiger partial charge >= 0.3 is 0 Å². The van der Waals surface area contributed by atoms with Gasteiger partial charge in [-0.05, 0) is 26.3 Å². The fraction of sp³-hybridized carbons (Fsp3) is 1.00. The summed E-state index contributed by atoms with van der Waals surface area (Å²) in [5, 5.41) is 6.59. The van der Waals surface area contributed by atoms with Crippen molar-refractivity contribution in [1.29, 1.82) is 0 Å². The van der Waals surface area contributed by atoms with E-state index < -0.39 is 0 Å². The van der Waals surface area contributed by atoms with Gasteiger partial charge in [0.1, 0.15) is 0 Å². The van der Waals surface area contributed by atoms with Crippen LogP contribution in [-0.4, -0.2) is 19.3 Å². The molecule has 76 valence electrons. The third-order valence-electron chi connectivity index (χ3n) is 1.19. The molecule has 0 unspecified atom stereocenters. The second-order valence-corrected chi connectivity index (χ2v) is 3.38. The first-order valence-electron chi connectivity index (χ1n) is 5.07. The molecule has 0 aromatic heterocycles. The molecule has 0 saturated heterocycles. The van der Waals surface area contributed by atoms with Crippen molar-refractivity contribution in [2.24, 2.45) is 5.92 Å². The molecule has 0 fully saturated rings. The van der Waals surface area contributed by atoms with E-state index in [-0.39, 0.29) is 0 Å². The molecule has 2 N–H and O–H groups in total. The van der Waals surface area contributed by atoms with Gasteiger partial charge in [-0.3, -0.25) is 0 Å². The van der Waals surface area contributed by atoms with Crippen molar-refractivity contribution in [3.05, 3.63) is 0 Å². The topological polar surface area (TPSA) is 24.1 Å². The summed E-state index contributed by atoms with van der Waals surface area (Å²) in [7, 11) is 0. The molecular weight excluding hydrogens is 148 g/mol. The molecule has 2 heteroatoms. The van der Waals surface area contributed by atoms with Gasteiger partial charge in [-0.1, -0.05) is 27.7 Å². The van der Waals surface area contributed by atoms with Crippen LogP contribution in [0.3, 0.4) is 0 Å². The van der Waals surface area contributed by atoms with Crippen LogP contribution in [0, 0.1) is 5.92 Å². The Labute approximate surface area is 78.1 Å². The van der Waals surface area contributed by atoms with Gasteiger partial charge in [-0.2, -0.15) is 0 Å². The van der Waals surface area contributed by atoms with Gasteiger partial charge in [0.25, 0.3) is 0 Å². The van der Waals surface area contributed by atoms with Crippen molar-refractivity contribution in [3.8, 4) is 0 Å². The molecule has 0 aromatic rings. The zero-order chi connectivity index (χ0) is 9.98. The van der Waals surface area contributed by atoms with E-state index in [1.54, 1.807) is 0 Å². The van der Waals surface area contributed by atoms with Crippen LogP contribution >= 0.6 is 0 Å². The van der Waals surface area contributed by atoms with E-state index in [2.05, 4.69) is 38.3 Å². The molecule has 0 rings (SSSR count). The maximum Gasteiger partial charge on any atom is 0.0456 e. The maximum atomic E-state index is 3.31. The highest BCUT2D eigenvalue weighted by molar-refractivity contribution is 4.53. The second-order valence-electron chi connectivity index (χ2n) is 3.38. The fourth-order valence-electron chi connectivity index (χ4n) is 0.637. The normalized spacial score (nSPS) is 10.0. The van der Waals surface area contributed by atoms with Crippen molar-refractivity contribution < 1.29 is 0 Å². The first kappa shape index (κ1) is 14.4. The van der Waals surface area contributed by atoms with Gasteiger partial charge in [0, 0.05) is 12.7 Å². The lowest BCUT2D eigenvalue weighted by molar-refractivity contribution is 0.486. The highest BCUT2D eigenvalue weighted by atomic mass is 15.1. The van der Waals surface area contributed by atoms with Crippen molar-refractivity contribution >= 4 is 0 Å². The monoisotopic (exact) mass is 174 g/mol. The van der Waals surface area contributed by atoms with Gasteiger partial charge in [0.2, 0.25) is 0 Å². The average Bonchev–Trinajstić information content (AvgIpc) is 2.02. The zero-order valence-corrected chi connectivity index (χ0v) is 9.57. The number of nitrogens with one attached hydrogen (secondary N) is 2. The lowest BCUT2D eigenvalue weighted by atomic mass is 10.2. The van der Waals surface area contributed by atoms with Gasteiger partial charge in [-0.15, -0.1) is 0 Å². The van der Waals surface area contributed by atoms with Crippen LogP contribution in [0.1, 0.15) is 41.5 Å². The van der Waals surface area contributed by atoms with Crippen molar-refractivity contribution in [3.63, 3.8) is 0 Å². The van der Waals surface area contributed by atoms with E-state index in [9.17, 15) is 0 Å². The molecule has 0 atom stereocenters. The van der Waals surface area contributed by atoms with Crippen LogP contribution in [-0.2, 0) is 0 Å². The smallest absolute Gasteiger partial charge is 0.0456 e. The van der Waals surface area contributed by atoms with Gasteiger partial charge in [-0.25, -0.2) is 0 Å². The Morgan fingerprint density at radius 1 is 1.00 bits per heavy atom. The summed E-state index contributed by atoms with van der Waals surface area (Å²) in [6, 6.07) is 0.583. The summed E-state index contributed by atoms with van der Waals surface area (Å²) in [5.41, 5.74) is 0. The van der Waals surface area contributed by atoms with E-state index in [0.29, 0.717) is 6.04 Å². The van der Waals surface area contributed by atoms with E-state index in [4.69, 9.17) is 0 Å². The molecule has 0 bridgehead atoms. The predicted octanol–water partition coefficient (Wildman–Crippen LogP) is 2.21. The van der Waals surface area contributed by atoms with Gasteiger partial charge < -0.3 is 10.6 Å². The first-order chi connectivity index (χ1) is 5.63. The minimum absolute atomic E-state index is 0.583. The second kappa shape index (κ2) is 10.9. The quantitative estimate of drug-likeness (QED) is 0.493.